The van der Waals surface area contributed by atoms with E-state index < -0.39 is 7.92 Å². The number of rotatable bonds is 6. The number of halogens is 1. The fourth-order valence-corrected chi connectivity index (χ4v) is 3.84. The third-order valence-corrected chi connectivity index (χ3v) is 5.63. The average Bonchev–Trinajstić information content (AvgIpc) is 2.12. The lowest BCUT2D eigenvalue weighted by atomic mass is 9.77. The summed E-state index contributed by atoms with van der Waals surface area (Å²) in [4.78, 5) is 0. The lowest BCUT2D eigenvalue weighted by Gasteiger charge is -2.41. The highest BCUT2D eigenvalue weighted by molar-refractivity contribution is 7.63. The first-order chi connectivity index (χ1) is 7.39. The molecule has 3 unspecified atom stereocenters. The van der Waals surface area contributed by atoms with Crippen molar-refractivity contribution in [3.05, 3.63) is 11.9 Å². The van der Waals surface area contributed by atoms with Gasteiger partial charge in [-0.2, -0.15) is 0 Å². The Hall–Kier alpha value is 0.0600. The van der Waals surface area contributed by atoms with Gasteiger partial charge in [0.1, 0.15) is 6.42 Å². The molecule has 0 saturated heterocycles. The molecule has 3 heteroatoms. The van der Waals surface area contributed by atoms with Crippen molar-refractivity contribution >= 4 is 7.92 Å². The Balaban J connectivity index is 2.61. The van der Waals surface area contributed by atoms with Crippen LogP contribution in [-0.2, 0) is 0 Å². The predicted molar refractivity (Wildman–Crippen MR) is 71.7 cm³/mol. The minimum absolute atomic E-state index is 0.126. The second kappa shape index (κ2) is 5.60. The Morgan fingerprint density at radius 1 is 1.38 bits per heavy atom. The maximum Gasteiger partial charge on any atom is 0.112 e. The maximum atomic E-state index is 12.7. The Morgan fingerprint density at radius 2 is 2.00 bits per heavy atom. The van der Waals surface area contributed by atoms with Gasteiger partial charge in [-0.25, -0.2) is 4.39 Å². The number of allylic oxidation sites excluding steroid dienone is 1. The van der Waals surface area contributed by atoms with Crippen LogP contribution in [0.5, 0.6) is 0 Å². The molecule has 3 atom stereocenters. The van der Waals surface area contributed by atoms with Crippen molar-refractivity contribution in [1.82, 2.24) is 0 Å². The van der Waals surface area contributed by atoms with Crippen LogP contribution in [0.4, 0.5) is 4.39 Å². The van der Waals surface area contributed by atoms with E-state index in [1.807, 2.05) is 5.82 Å². The van der Waals surface area contributed by atoms with Crippen molar-refractivity contribution in [2.75, 3.05) is 6.42 Å². The molecule has 0 aromatic heterocycles. The Bertz CT molecular complexity index is 252. The largest absolute Gasteiger partial charge is 0.325 e. The highest BCUT2D eigenvalue weighted by Gasteiger charge is 2.36. The summed E-state index contributed by atoms with van der Waals surface area (Å²) in [6, 6.07) is 0. The lowest BCUT2D eigenvalue weighted by molar-refractivity contribution is 0.240. The highest BCUT2D eigenvalue weighted by Crippen LogP contribution is 2.54. The molecule has 1 aliphatic heterocycles. The van der Waals surface area contributed by atoms with Crippen LogP contribution in [0.2, 0.25) is 0 Å². The molecule has 1 rings (SSSR count). The second-order valence-corrected chi connectivity index (χ2v) is 7.96. The molecule has 0 aromatic rings. The highest BCUT2D eigenvalue weighted by atomic mass is 31.1. The van der Waals surface area contributed by atoms with Crippen molar-refractivity contribution in [3.8, 4) is 0 Å². The first-order valence-electron chi connectivity index (χ1n) is 6.18. The fourth-order valence-electron chi connectivity index (χ4n) is 2.35. The number of hydrogen-bond donors (Lipinski definition) is 1. The SMILES string of the molecule is CC(C)CC(N)(CC1C=CP1CF)C(C)C. The standard InChI is InChI=1S/C13H25FNP/c1-10(2)7-13(15,11(3)4)8-12-5-6-16(12)9-14/h5-6,10-12H,7-9,15H2,1-4H3. The van der Waals surface area contributed by atoms with Crippen LogP contribution in [0.1, 0.15) is 40.5 Å². The van der Waals surface area contributed by atoms with Gasteiger partial charge in [0.15, 0.2) is 0 Å². The zero-order valence-corrected chi connectivity index (χ0v) is 11.8. The molecule has 0 saturated carbocycles. The summed E-state index contributed by atoms with van der Waals surface area (Å²) >= 11 is 0. The summed E-state index contributed by atoms with van der Waals surface area (Å²) in [5, 5.41) is 0. The second-order valence-electron chi connectivity index (χ2n) is 5.73. The number of nitrogens with two attached hydrogens (primary N) is 1. The third kappa shape index (κ3) is 3.28. The molecule has 0 spiro atoms. The van der Waals surface area contributed by atoms with Crippen LogP contribution >= 0.6 is 7.92 Å². The molecule has 1 nitrogen and oxygen atoms in total. The van der Waals surface area contributed by atoms with Gasteiger partial charge in [0.2, 0.25) is 0 Å². The molecule has 1 aliphatic rings. The molecule has 0 bridgehead atoms. The average molecular weight is 245 g/mol. The smallest absolute Gasteiger partial charge is 0.112 e. The van der Waals surface area contributed by atoms with Crippen LogP contribution in [0, 0.1) is 11.8 Å². The fraction of sp³-hybridized carbons (Fsp3) is 0.846. The van der Waals surface area contributed by atoms with Crippen molar-refractivity contribution in [1.29, 1.82) is 0 Å². The molecule has 1 heterocycles. The minimum Gasteiger partial charge on any atom is -0.325 e. The molecular weight excluding hydrogens is 220 g/mol. The number of alkyl halides is 1. The molecule has 0 aromatic carbocycles. The normalized spacial score (nSPS) is 28.2. The molecule has 2 N–H and O–H groups in total. The van der Waals surface area contributed by atoms with Gasteiger partial charge in [-0.15, -0.1) is 0 Å². The number of hydrogen-bond acceptors (Lipinski definition) is 1. The topological polar surface area (TPSA) is 26.0 Å². The van der Waals surface area contributed by atoms with Crippen LogP contribution in [0.15, 0.2) is 11.9 Å². The monoisotopic (exact) mass is 245 g/mol. The lowest BCUT2D eigenvalue weighted by Crippen LogP contribution is -2.48. The summed E-state index contributed by atoms with van der Waals surface area (Å²) in [6.45, 7) is 8.78. The van der Waals surface area contributed by atoms with E-state index in [9.17, 15) is 4.39 Å². The van der Waals surface area contributed by atoms with Crippen molar-refractivity contribution < 1.29 is 4.39 Å². The summed E-state index contributed by atoms with van der Waals surface area (Å²) in [5.74, 6) is 3.10. The van der Waals surface area contributed by atoms with E-state index in [1.165, 1.54) is 0 Å². The van der Waals surface area contributed by atoms with E-state index in [-0.39, 0.29) is 12.0 Å². The third-order valence-electron chi connectivity index (χ3n) is 3.59. The quantitative estimate of drug-likeness (QED) is 0.701. The van der Waals surface area contributed by atoms with Crippen LogP contribution in [0.3, 0.4) is 0 Å². The van der Waals surface area contributed by atoms with Gasteiger partial charge in [0.05, 0.1) is 0 Å². The molecule has 0 aliphatic carbocycles. The van der Waals surface area contributed by atoms with Crippen molar-refractivity contribution in [2.45, 2.75) is 51.7 Å². The molecule has 94 valence electrons. The van der Waals surface area contributed by atoms with E-state index in [4.69, 9.17) is 5.73 Å². The Kier molecular flexibility index (Phi) is 4.94. The van der Waals surface area contributed by atoms with Gasteiger partial charge in [0.25, 0.3) is 0 Å². The van der Waals surface area contributed by atoms with Gasteiger partial charge in [0, 0.05) is 11.2 Å². The zero-order chi connectivity index (χ0) is 12.3. The molecule has 0 radical (unpaired) electrons. The molecule has 0 amide bonds. The first-order valence-corrected chi connectivity index (χ1v) is 7.84. The first kappa shape index (κ1) is 14.1. The van der Waals surface area contributed by atoms with E-state index in [0.29, 0.717) is 17.5 Å². The van der Waals surface area contributed by atoms with Crippen molar-refractivity contribution in [2.24, 2.45) is 17.6 Å². The van der Waals surface area contributed by atoms with Gasteiger partial charge < -0.3 is 5.73 Å². The maximum absolute atomic E-state index is 12.7. The van der Waals surface area contributed by atoms with Crippen LogP contribution in [-0.4, -0.2) is 17.6 Å². The molecule has 0 fully saturated rings. The van der Waals surface area contributed by atoms with Crippen LogP contribution < -0.4 is 5.73 Å². The van der Waals surface area contributed by atoms with Gasteiger partial charge >= 0.3 is 0 Å². The Labute approximate surface area is 100 Å². The van der Waals surface area contributed by atoms with E-state index in [0.717, 1.165) is 12.8 Å². The Morgan fingerprint density at radius 3 is 2.31 bits per heavy atom. The van der Waals surface area contributed by atoms with E-state index >= 15 is 0 Å². The molecule has 16 heavy (non-hydrogen) atoms. The summed E-state index contributed by atoms with van der Waals surface area (Å²) in [5.41, 5.74) is 6.82. The predicted octanol–water partition coefficient (Wildman–Crippen LogP) is 4.08. The minimum atomic E-state index is -0.500. The summed E-state index contributed by atoms with van der Waals surface area (Å²) in [6.07, 6.45) is 3.96. The van der Waals surface area contributed by atoms with E-state index in [2.05, 4.69) is 33.8 Å². The van der Waals surface area contributed by atoms with Crippen LogP contribution in [0.25, 0.3) is 0 Å². The van der Waals surface area contributed by atoms with Gasteiger partial charge in [-0.05, 0) is 32.6 Å². The van der Waals surface area contributed by atoms with Gasteiger partial charge in [-0.1, -0.05) is 39.6 Å². The van der Waals surface area contributed by atoms with Gasteiger partial charge in [-0.3, -0.25) is 0 Å². The molecular formula is C13H25FNP. The van der Waals surface area contributed by atoms with E-state index in [1.54, 1.807) is 0 Å². The van der Waals surface area contributed by atoms with Crippen molar-refractivity contribution in [3.63, 3.8) is 0 Å². The summed E-state index contributed by atoms with van der Waals surface area (Å²) < 4.78 is 12.7. The zero-order valence-electron chi connectivity index (χ0n) is 10.9. The summed E-state index contributed by atoms with van der Waals surface area (Å²) in [7, 11) is -0.500.